The predicted molar refractivity (Wildman–Crippen MR) is 157 cm³/mol. The van der Waals surface area contributed by atoms with E-state index in [4.69, 9.17) is 23.2 Å². The number of amides is 4. The van der Waals surface area contributed by atoms with Crippen molar-refractivity contribution in [3.8, 4) is 0 Å². The number of urea groups is 1. The Kier molecular flexibility index (Phi) is 9.69. The first-order valence-corrected chi connectivity index (χ1v) is 16.0. The van der Waals surface area contributed by atoms with Crippen LogP contribution in [-0.2, 0) is 19.2 Å². The van der Waals surface area contributed by atoms with E-state index in [1.807, 2.05) is 27.7 Å². The Balaban J connectivity index is 1.55. The van der Waals surface area contributed by atoms with Gasteiger partial charge in [-0.3, -0.25) is 19.2 Å². The van der Waals surface area contributed by atoms with Gasteiger partial charge < -0.3 is 20.9 Å². The third-order valence-corrected chi connectivity index (χ3v) is 11.0. The van der Waals surface area contributed by atoms with Crippen molar-refractivity contribution in [1.82, 2.24) is 20.9 Å². The highest BCUT2D eigenvalue weighted by atomic mass is 35.5. The quantitative estimate of drug-likeness (QED) is 0.253. The standard InChI is InChI=1S/C30H46Cl2N4O5/c1-16(37)25(38)21(14-18-10-9-11-18)34-26(39)24-22-20(30(22,31)32)15-36(24)27(40)23(19-12-7-6-8-13-19)35-28(41)33-17(2)29(3,4)5/h17-24H,6-15H2,1-5H3,(H,34,39)(H2,33,35,41). The van der Waals surface area contributed by atoms with E-state index in [2.05, 4.69) is 16.0 Å². The Hall–Kier alpha value is -1.87. The average Bonchev–Trinajstić information content (AvgIpc) is 3.20. The van der Waals surface area contributed by atoms with E-state index < -0.39 is 51.9 Å². The van der Waals surface area contributed by atoms with Crippen molar-refractivity contribution < 1.29 is 24.0 Å². The van der Waals surface area contributed by atoms with Crippen molar-refractivity contribution in [3.63, 3.8) is 0 Å². The first kappa shape index (κ1) is 32.1. The van der Waals surface area contributed by atoms with Crippen LogP contribution in [0.2, 0.25) is 0 Å². The van der Waals surface area contributed by atoms with Gasteiger partial charge in [0, 0.05) is 31.3 Å². The number of fused-ring (bicyclic) bond motifs is 1. The van der Waals surface area contributed by atoms with Crippen LogP contribution in [0.4, 0.5) is 4.79 Å². The number of nitrogens with one attached hydrogen (secondary N) is 3. The van der Waals surface area contributed by atoms with Gasteiger partial charge in [0.2, 0.25) is 17.6 Å². The SMILES string of the molecule is CC(=O)C(=O)C(CC1CCC1)NC(=O)C1C2C(CN1C(=O)C(NC(=O)NC(C)C(C)(C)C)C1CCCCC1)C2(Cl)Cl. The number of hydrogen-bond acceptors (Lipinski definition) is 5. The molecule has 3 N–H and O–H groups in total. The molecule has 4 fully saturated rings. The van der Waals surface area contributed by atoms with E-state index in [1.165, 1.54) is 11.8 Å². The molecule has 6 atom stereocenters. The Morgan fingerprint density at radius 1 is 0.927 bits per heavy atom. The molecule has 0 bridgehead atoms. The summed E-state index contributed by atoms with van der Waals surface area (Å²) in [5.74, 6) is -2.68. The summed E-state index contributed by atoms with van der Waals surface area (Å²) >= 11 is 13.1. The molecule has 41 heavy (non-hydrogen) atoms. The summed E-state index contributed by atoms with van der Waals surface area (Å²) in [6, 6.07) is -3.30. The lowest BCUT2D eigenvalue weighted by Crippen LogP contribution is -2.61. The fourth-order valence-electron chi connectivity index (χ4n) is 6.55. The van der Waals surface area contributed by atoms with E-state index in [1.54, 1.807) is 0 Å². The number of Topliss-reactive ketones (excluding diaryl/α,β-unsaturated/α-hetero) is 2. The Morgan fingerprint density at radius 3 is 2.10 bits per heavy atom. The van der Waals surface area contributed by atoms with Gasteiger partial charge in [0.25, 0.3) is 0 Å². The van der Waals surface area contributed by atoms with Crippen molar-refractivity contribution in [2.45, 2.75) is 121 Å². The molecule has 0 aromatic heterocycles. The highest BCUT2D eigenvalue weighted by molar-refractivity contribution is 6.51. The molecule has 6 unspecified atom stereocenters. The van der Waals surface area contributed by atoms with Crippen LogP contribution in [-0.4, -0.2) is 69.4 Å². The maximum Gasteiger partial charge on any atom is 0.315 e. The van der Waals surface area contributed by atoms with Crippen LogP contribution >= 0.6 is 23.2 Å². The minimum absolute atomic E-state index is 0.0602. The number of hydrogen-bond donors (Lipinski definition) is 3. The van der Waals surface area contributed by atoms with E-state index in [9.17, 15) is 24.0 Å². The monoisotopic (exact) mass is 612 g/mol. The van der Waals surface area contributed by atoms with Gasteiger partial charge >= 0.3 is 6.03 Å². The molecule has 9 nitrogen and oxygen atoms in total. The van der Waals surface area contributed by atoms with E-state index >= 15 is 0 Å². The summed E-state index contributed by atoms with van der Waals surface area (Å²) in [6.07, 6.45) is 7.97. The molecule has 11 heteroatoms. The third-order valence-electron chi connectivity index (χ3n) is 9.98. The maximum absolute atomic E-state index is 14.2. The second-order valence-corrected chi connectivity index (χ2v) is 15.3. The molecule has 0 radical (unpaired) electrons. The van der Waals surface area contributed by atoms with Crippen LogP contribution in [0.3, 0.4) is 0 Å². The van der Waals surface area contributed by atoms with Crippen molar-refractivity contribution in [2.75, 3.05) is 6.54 Å². The number of nitrogens with zero attached hydrogens (tertiary/aromatic N) is 1. The molecule has 230 valence electrons. The topological polar surface area (TPSA) is 125 Å². The molecule has 0 spiro atoms. The average molecular weight is 614 g/mol. The molecular formula is C30H46Cl2N4O5. The van der Waals surface area contributed by atoms with Gasteiger partial charge in [0.1, 0.15) is 16.4 Å². The Bertz CT molecular complexity index is 1050. The van der Waals surface area contributed by atoms with Gasteiger partial charge in [-0.15, -0.1) is 23.2 Å². The van der Waals surface area contributed by atoms with Crippen molar-refractivity contribution >= 4 is 52.6 Å². The zero-order chi connectivity index (χ0) is 30.3. The highest BCUT2D eigenvalue weighted by Crippen LogP contribution is 2.65. The Labute approximate surface area is 253 Å². The molecule has 0 aromatic rings. The molecule has 0 aromatic carbocycles. The van der Waals surface area contributed by atoms with Crippen LogP contribution in [0.1, 0.15) is 92.4 Å². The van der Waals surface area contributed by atoms with E-state index in [-0.39, 0.29) is 41.7 Å². The second kappa shape index (κ2) is 12.4. The van der Waals surface area contributed by atoms with Crippen LogP contribution in [0.15, 0.2) is 0 Å². The van der Waals surface area contributed by atoms with E-state index in [0.717, 1.165) is 51.4 Å². The summed E-state index contributed by atoms with van der Waals surface area (Å²) < 4.78 is -1.15. The summed E-state index contributed by atoms with van der Waals surface area (Å²) in [4.78, 5) is 67.3. The van der Waals surface area contributed by atoms with Gasteiger partial charge in [-0.1, -0.05) is 59.3 Å². The number of alkyl halides is 2. The molecule has 1 heterocycles. The van der Waals surface area contributed by atoms with Crippen LogP contribution in [0, 0.1) is 29.1 Å². The predicted octanol–water partition coefficient (Wildman–Crippen LogP) is 4.13. The molecule has 4 rings (SSSR count). The fourth-order valence-corrected chi connectivity index (χ4v) is 7.38. The van der Waals surface area contributed by atoms with Gasteiger partial charge in [0.15, 0.2) is 5.78 Å². The van der Waals surface area contributed by atoms with Crippen molar-refractivity contribution in [3.05, 3.63) is 0 Å². The lowest BCUT2D eigenvalue weighted by atomic mass is 9.80. The summed E-state index contributed by atoms with van der Waals surface area (Å²) in [6.45, 7) is 9.41. The smallest absolute Gasteiger partial charge is 0.315 e. The molecule has 3 aliphatic carbocycles. The van der Waals surface area contributed by atoms with Crippen molar-refractivity contribution in [2.24, 2.45) is 29.1 Å². The Morgan fingerprint density at radius 2 is 1.56 bits per heavy atom. The summed E-state index contributed by atoms with van der Waals surface area (Å²) in [5, 5.41) is 8.72. The van der Waals surface area contributed by atoms with Gasteiger partial charge in [0.05, 0.1) is 6.04 Å². The van der Waals surface area contributed by atoms with Gasteiger partial charge in [-0.2, -0.15) is 0 Å². The number of carbonyl (C=O) groups excluding carboxylic acids is 5. The molecule has 1 saturated heterocycles. The highest BCUT2D eigenvalue weighted by Gasteiger charge is 2.74. The normalized spacial score (nSPS) is 28.0. The lowest BCUT2D eigenvalue weighted by molar-refractivity contribution is -0.144. The number of rotatable bonds is 10. The third kappa shape index (κ3) is 7.03. The summed E-state index contributed by atoms with van der Waals surface area (Å²) in [7, 11) is 0. The number of piperidine rings is 1. The van der Waals surface area contributed by atoms with Crippen LogP contribution < -0.4 is 16.0 Å². The van der Waals surface area contributed by atoms with Crippen LogP contribution in [0.25, 0.3) is 0 Å². The molecule has 4 amide bonds. The molecular weight excluding hydrogens is 567 g/mol. The summed E-state index contributed by atoms with van der Waals surface area (Å²) in [5.41, 5.74) is -0.168. The molecule has 4 aliphatic rings. The maximum atomic E-state index is 14.2. The lowest BCUT2D eigenvalue weighted by Gasteiger charge is -2.37. The van der Waals surface area contributed by atoms with Gasteiger partial charge in [-0.25, -0.2) is 4.79 Å². The fraction of sp³-hybridized carbons (Fsp3) is 0.833. The van der Waals surface area contributed by atoms with Gasteiger partial charge in [-0.05, 0) is 43.4 Å². The number of carbonyl (C=O) groups is 5. The second-order valence-electron chi connectivity index (χ2n) is 13.8. The number of halogens is 2. The first-order chi connectivity index (χ1) is 19.1. The molecule has 3 saturated carbocycles. The number of ketones is 2. The first-order valence-electron chi connectivity index (χ1n) is 15.2. The molecule has 1 aliphatic heterocycles. The largest absolute Gasteiger partial charge is 0.344 e. The zero-order valence-corrected chi connectivity index (χ0v) is 26.4. The van der Waals surface area contributed by atoms with Crippen molar-refractivity contribution in [1.29, 1.82) is 0 Å². The van der Waals surface area contributed by atoms with Crippen LogP contribution in [0.5, 0.6) is 0 Å². The number of likely N-dealkylation sites (tertiary alicyclic amines) is 1. The van der Waals surface area contributed by atoms with E-state index in [0.29, 0.717) is 6.42 Å². The zero-order valence-electron chi connectivity index (χ0n) is 24.9. The minimum atomic E-state index is -1.15. The minimum Gasteiger partial charge on any atom is -0.344 e.